The number of aliphatic hydroxyl groups is 1. The van der Waals surface area contributed by atoms with Crippen molar-refractivity contribution in [2.45, 2.75) is 174 Å². The van der Waals surface area contributed by atoms with Crippen molar-refractivity contribution in [3.63, 3.8) is 0 Å². The summed E-state index contributed by atoms with van der Waals surface area (Å²) in [5.74, 6) is -0.225. The monoisotopic (exact) mass is 681 g/mol. The second-order valence-electron chi connectivity index (χ2n) is 13.0. The summed E-state index contributed by atoms with van der Waals surface area (Å²) in [5, 5.41) is 9.58. The highest BCUT2D eigenvalue weighted by Gasteiger charge is 2.13. The molecule has 0 aromatic carbocycles. The van der Waals surface area contributed by atoms with E-state index in [-0.39, 0.29) is 19.2 Å². The molecule has 1 unspecified atom stereocenters. The minimum atomic E-state index is -0.561. The number of aliphatic hydroxyl groups excluding tert-OH is 1. The van der Waals surface area contributed by atoms with Crippen LogP contribution in [0.5, 0.6) is 0 Å². The van der Waals surface area contributed by atoms with Gasteiger partial charge in [0.15, 0.2) is 0 Å². The first-order valence-corrected chi connectivity index (χ1v) is 20.2. The van der Waals surface area contributed by atoms with Crippen molar-refractivity contribution in [3.05, 3.63) is 85.1 Å². The molecule has 49 heavy (non-hydrogen) atoms. The van der Waals surface area contributed by atoms with E-state index in [0.29, 0.717) is 13.0 Å². The maximum atomic E-state index is 12.2. The molecule has 0 radical (unpaired) electrons. The summed E-state index contributed by atoms with van der Waals surface area (Å²) < 4.78 is 11.1. The fraction of sp³-hybridized carbons (Fsp3) is 0.667. The molecule has 280 valence electrons. The Bertz CT molecular complexity index is 892. The average molecular weight is 681 g/mol. The molecule has 4 nitrogen and oxygen atoms in total. The number of esters is 1. The molecular formula is C45H76O4. The number of carbonyl (C=O) groups excluding carboxylic acids is 1. The highest BCUT2D eigenvalue weighted by molar-refractivity contribution is 5.69. The van der Waals surface area contributed by atoms with Crippen LogP contribution in [0.2, 0.25) is 0 Å². The van der Waals surface area contributed by atoms with Crippen molar-refractivity contribution in [1.29, 1.82) is 0 Å². The van der Waals surface area contributed by atoms with E-state index in [0.717, 1.165) is 83.5 Å². The Labute approximate surface area is 303 Å². The molecule has 0 aromatic rings. The van der Waals surface area contributed by atoms with Crippen LogP contribution >= 0.6 is 0 Å². The van der Waals surface area contributed by atoms with Crippen LogP contribution in [0.3, 0.4) is 0 Å². The molecule has 1 atom stereocenters. The third-order valence-electron chi connectivity index (χ3n) is 8.20. The Hall–Kier alpha value is -2.43. The van der Waals surface area contributed by atoms with E-state index >= 15 is 0 Å². The Morgan fingerprint density at radius 3 is 1.41 bits per heavy atom. The molecule has 0 amide bonds. The van der Waals surface area contributed by atoms with Crippen LogP contribution in [0.25, 0.3) is 0 Å². The van der Waals surface area contributed by atoms with E-state index in [1.165, 1.54) is 64.2 Å². The van der Waals surface area contributed by atoms with Crippen LogP contribution in [0.4, 0.5) is 0 Å². The molecule has 0 saturated heterocycles. The van der Waals surface area contributed by atoms with Gasteiger partial charge in [-0.05, 0) is 89.9 Å². The number of allylic oxidation sites excluding steroid dienone is 14. The molecule has 0 aromatic heterocycles. The van der Waals surface area contributed by atoms with Crippen molar-refractivity contribution in [1.82, 2.24) is 0 Å². The lowest BCUT2D eigenvalue weighted by Gasteiger charge is -2.15. The molecule has 1 N–H and O–H groups in total. The maximum absolute atomic E-state index is 12.2. The largest absolute Gasteiger partial charge is 0.457 e. The first kappa shape index (κ1) is 46.6. The SMILES string of the molecule is CC/C=C\C/C=C\C/C=C\C/C=C\C/C=C\C/C=C\CCCCCOCC(CO)OC(=O)CCCCCCC/C=C\CCCCCCCC. The fourth-order valence-electron chi connectivity index (χ4n) is 5.21. The minimum Gasteiger partial charge on any atom is -0.457 e. The molecule has 0 rings (SSSR count). The molecule has 0 aliphatic rings. The predicted octanol–water partition coefficient (Wildman–Crippen LogP) is 13.2. The third kappa shape index (κ3) is 39.9. The zero-order chi connectivity index (χ0) is 35.6. The smallest absolute Gasteiger partial charge is 0.306 e. The third-order valence-corrected chi connectivity index (χ3v) is 8.20. The molecule has 0 aliphatic carbocycles. The number of ether oxygens (including phenoxy) is 2. The lowest BCUT2D eigenvalue weighted by atomic mass is 10.1. The second-order valence-corrected chi connectivity index (χ2v) is 13.0. The standard InChI is InChI=1S/C45H76O4/c1-3-5-7-9-11-13-15-17-19-20-21-22-23-24-25-27-29-31-33-35-37-39-41-48-43-44(42-46)49-45(47)40-38-36-34-32-30-28-26-18-16-14-12-10-8-6-4-2/h5,7,11,13,17-19,21-22,24-26,29,31,44,46H,3-4,6,8-10,12,14-16,20,23,27-28,30,32-43H2,1-2H3/b7-5-,13-11-,19-17-,22-21-,25-24-,26-18-,31-29-. The lowest BCUT2D eigenvalue weighted by molar-refractivity contribution is -0.154. The first-order valence-electron chi connectivity index (χ1n) is 20.2. The zero-order valence-corrected chi connectivity index (χ0v) is 31.9. The molecule has 0 spiro atoms. The van der Waals surface area contributed by atoms with E-state index in [2.05, 4.69) is 98.9 Å². The van der Waals surface area contributed by atoms with Crippen LogP contribution in [0.1, 0.15) is 168 Å². The van der Waals surface area contributed by atoms with Gasteiger partial charge in [0.1, 0.15) is 6.10 Å². The summed E-state index contributed by atoms with van der Waals surface area (Å²) in [6.45, 7) is 5.13. The second kappa shape index (κ2) is 41.7. The van der Waals surface area contributed by atoms with Gasteiger partial charge in [-0.3, -0.25) is 4.79 Å². The summed E-state index contributed by atoms with van der Waals surface area (Å²) in [6.07, 6.45) is 57.8. The number of carbonyl (C=O) groups is 1. The van der Waals surface area contributed by atoms with E-state index in [1.54, 1.807) is 0 Å². The zero-order valence-electron chi connectivity index (χ0n) is 31.9. The molecular weight excluding hydrogens is 604 g/mol. The van der Waals surface area contributed by atoms with E-state index in [1.807, 2.05) is 0 Å². The summed E-state index contributed by atoms with van der Waals surface area (Å²) >= 11 is 0. The summed E-state index contributed by atoms with van der Waals surface area (Å²) in [6, 6.07) is 0. The van der Waals surface area contributed by atoms with Gasteiger partial charge in [0.2, 0.25) is 0 Å². The van der Waals surface area contributed by atoms with Crippen molar-refractivity contribution in [2.24, 2.45) is 0 Å². The van der Waals surface area contributed by atoms with Crippen LogP contribution in [0, 0.1) is 0 Å². The molecule has 0 bridgehead atoms. The number of hydrogen-bond donors (Lipinski definition) is 1. The number of unbranched alkanes of at least 4 members (excludes halogenated alkanes) is 14. The molecule has 0 aliphatic heterocycles. The number of rotatable bonds is 36. The van der Waals surface area contributed by atoms with Gasteiger partial charge in [0.25, 0.3) is 0 Å². The Balaban J connectivity index is 3.58. The topological polar surface area (TPSA) is 55.8 Å². The van der Waals surface area contributed by atoms with Gasteiger partial charge in [0.05, 0.1) is 13.2 Å². The molecule has 0 fully saturated rings. The Morgan fingerprint density at radius 2 is 0.918 bits per heavy atom. The van der Waals surface area contributed by atoms with Crippen LogP contribution in [0.15, 0.2) is 85.1 Å². The van der Waals surface area contributed by atoms with Gasteiger partial charge < -0.3 is 14.6 Å². The summed E-state index contributed by atoms with van der Waals surface area (Å²) in [7, 11) is 0. The molecule has 0 saturated carbocycles. The predicted molar refractivity (Wildman–Crippen MR) is 214 cm³/mol. The van der Waals surface area contributed by atoms with Gasteiger partial charge >= 0.3 is 5.97 Å². The van der Waals surface area contributed by atoms with Crippen LogP contribution in [-0.2, 0) is 14.3 Å². The van der Waals surface area contributed by atoms with Crippen molar-refractivity contribution >= 4 is 5.97 Å². The normalized spacial score (nSPS) is 13.3. The fourth-order valence-corrected chi connectivity index (χ4v) is 5.21. The number of hydrogen-bond acceptors (Lipinski definition) is 4. The van der Waals surface area contributed by atoms with Gasteiger partial charge in [-0.2, -0.15) is 0 Å². The van der Waals surface area contributed by atoms with Gasteiger partial charge in [-0.25, -0.2) is 0 Å². The van der Waals surface area contributed by atoms with E-state index < -0.39 is 6.10 Å². The summed E-state index contributed by atoms with van der Waals surface area (Å²) in [4.78, 5) is 12.2. The van der Waals surface area contributed by atoms with Gasteiger partial charge in [-0.15, -0.1) is 0 Å². The van der Waals surface area contributed by atoms with E-state index in [4.69, 9.17) is 9.47 Å². The van der Waals surface area contributed by atoms with Crippen molar-refractivity contribution in [2.75, 3.05) is 19.8 Å². The van der Waals surface area contributed by atoms with Crippen molar-refractivity contribution < 1.29 is 19.4 Å². The highest BCUT2D eigenvalue weighted by atomic mass is 16.6. The van der Waals surface area contributed by atoms with Gasteiger partial charge in [-0.1, -0.05) is 157 Å². The first-order chi connectivity index (χ1) is 24.2. The van der Waals surface area contributed by atoms with E-state index in [9.17, 15) is 9.90 Å². The van der Waals surface area contributed by atoms with Crippen LogP contribution < -0.4 is 0 Å². The Morgan fingerprint density at radius 1 is 0.510 bits per heavy atom. The average Bonchev–Trinajstić information content (AvgIpc) is 3.11. The molecule has 4 heteroatoms. The van der Waals surface area contributed by atoms with Gasteiger partial charge in [0, 0.05) is 13.0 Å². The highest BCUT2D eigenvalue weighted by Crippen LogP contribution is 2.11. The maximum Gasteiger partial charge on any atom is 0.306 e. The Kier molecular flexibility index (Phi) is 39.7. The quantitative estimate of drug-likeness (QED) is 0.0406. The van der Waals surface area contributed by atoms with Crippen LogP contribution in [-0.4, -0.2) is 37.0 Å². The minimum absolute atomic E-state index is 0.194. The lowest BCUT2D eigenvalue weighted by Crippen LogP contribution is -2.27. The van der Waals surface area contributed by atoms with Crippen molar-refractivity contribution in [3.8, 4) is 0 Å². The summed E-state index contributed by atoms with van der Waals surface area (Å²) in [5.41, 5.74) is 0. The molecule has 0 heterocycles.